The number of aliphatic hydroxyl groups is 1. The number of fused-ring (bicyclic) bond motifs is 1. The summed E-state index contributed by atoms with van der Waals surface area (Å²) in [4.78, 5) is 9.55. The zero-order valence-electron chi connectivity index (χ0n) is 22.7. The van der Waals surface area contributed by atoms with E-state index in [9.17, 15) is 13.9 Å². The molecule has 3 N–H and O–H groups in total. The number of rotatable bonds is 9. The third-order valence-electron chi connectivity index (χ3n) is 7.36. The largest absolute Gasteiger partial charge is 0.434 e. The van der Waals surface area contributed by atoms with E-state index in [-0.39, 0.29) is 18.2 Å². The van der Waals surface area contributed by atoms with Crippen LogP contribution in [-0.4, -0.2) is 43.8 Å². The summed E-state index contributed by atoms with van der Waals surface area (Å²) >= 11 is 0. The van der Waals surface area contributed by atoms with Crippen molar-refractivity contribution in [2.24, 2.45) is 19.1 Å². The van der Waals surface area contributed by atoms with E-state index in [0.29, 0.717) is 28.2 Å². The van der Waals surface area contributed by atoms with Crippen molar-refractivity contribution < 1.29 is 18.6 Å². The molecule has 0 saturated heterocycles. The molecule has 2 heterocycles. The van der Waals surface area contributed by atoms with Gasteiger partial charge in [0.1, 0.15) is 11.6 Å². The van der Waals surface area contributed by atoms with Gasteiger partial charge in [0.05, 0.1) is 29.4 Å². The van der Waals surface area contributed by atoms with Crippen molar-refractivity contribution in [1.82, 2.24) is 19.3 Å². The van der Waals surface area contributed by atoms with Crippen molar-refractivity contribution in [3.63, 3.8) is 0 Å². The molecule has 6 rings (SSSR count). The number of aryl methyl sites for hydroxylation is 1. The fourth-order valence-electron chi connectivity index (χ4n) is 5.28. The predicted octanol–water partition coefficient (Wildman–Crippen LogP) is 5.85. The second-order valence-corrected chi connectivity index (χ2v) is 10.3. The minimum Gasteiger partial charge on any atom is -0.434 e. The SMILES string of the molecule is Cn1cc2cc(-c3nc(-c4cccc(N)c4C=NC[C@H](O)c4ccccc4)c(C4CC4)n3C)c(OC(F)F)cc2n1. The Labute approximate surface area is 235 Å². The first-order valence-electron chi connectivity index (χ1n) is 13.4. The number of benzene rings is 3. The fraction of sp³-hybridized carbons (Fsp3) is 0.258. The summed E-state index contributed by atoms with van der Waals surface area (Å²) in [6, 6.07) is 18.3. The Bertz CT molecular complexity index is 1740. The molecule has 2 aromatic heterocycles. The van der Waals surface area contributed by atoms with Gasteiger partial charge in [-0.2, -0.15) is 13.9 Å². The summed E-state index contributed by atoms with van der Waals surface area (Å²) in [6.07, 6.45) is 4.76. The van der Waals surface area contributed by atoms with Crippen LogP contribution in [0.15, 0.2) is 71.9 Å². The first-order chi connectivity index (χ1) is 19.8. The van der Waals surface area contributed by atoms with Gasteiger partial charge in [0.15, 0.2) is 0 Å². The monoisotopic (exact) mass is 556 g/mol. The van der Waals surface area contributed by atoms with Crippen LogP contribution in [-0.2, 0) is 14.1 Å². The van der Waals surface area contributed by atoms with Crippen LogP contribution in [0.5, 0.6) is 5.75 Å². The van der Waals surface area contributed by atoms with Crippen LogP contribution in [0.2, 0.25) is 0 Å². The lowest BCUT2D eigenvalue weighted by Crippen LogP contribution is -2.05. The molecule has 1 fully saturated rings. The van der Waals surface area contributed by atoms with Gasteiger partial charge in [0, 0.05) is 66.4 Å². The lowest BCUT2D eigenvalue weighted by molar-refractivity contribution is -0.0494. The van der Waals surface area contributed by atoms with Gasteiger partial charge in [-0.15, -0.1) is 0 Å². The maximum Gasteiger partial charge on any atom is 0.387 e. The van der Waals surface area contributed by atoms with Crippen LogP contribution < -0.4 is 10.5 Å². The Hall–Kier alpha value is -4.57. The van der Waals surface area contributed by atoms with Gasteiger partial charge >= 0.3 is 6.61 Å². The molecule has 1 aliphatic carbocycles. The molecular formula is C31H30F2N6O2. The molecule has 41 heavy (non-hydrogen) atoms. The highest BCUT2D eigenvalue weighted by Gasteiger charge is 2.33. The van der Waals surface area contributed by atoms with Gasteiger partial charge in [0.2, 0.25) is 0 Å². The van der Waals surface area contributed by atoms with E-state index in [4.69, 9.17) is 15.5 Å². The minimum atomic E-state index is -3.00. The number of nitrogens with two attached hydrogens (primary N) is 1. The topological polar surface area (TPSA) is 103 Å². The van der Waals surface area contributed by atoms with Crippen LogP contribution in [0.4, 0.5) is 14.5 Å². The molecule has 0 spiro atoms. The Balaban J connectivity index is 1.44. The summed E-state index contributed by atoms with van der Waals surface area (Å²) in [5, 5.41) is 15.7. The predicted molar refractivity (Wildman–Crippen MR) is 155 cm³/mol. The number of anilines is 1. The Morgan fingerprint density at radius 2 is 1.88 bits per heavy atom. The molecule has 0 unspecified atom stereocenters. The highest BCUT2D eigenvalue weighted by Crippen LogP contribution is 2.47. The highest BCUT2D eigenvalue weighted by molar-refractivity contribution is 5.97. The van der Waals surface area contributed by atoms with Crippen molar-refractivity contribution in [1.29, 1.82) is 0 Å². The number of nitrogens with zero attached hydrogens (tertiary/aromatic N) is 5. The number of hydrogen-bond acceptors (Lipinski definition) is 6. The minimum absolute atomic E-state index is 0.0115. The fourth-order valence-corrected chi connectivity index (χ4v) is 5.28. The molecule has 0 amide bonds. The maximum atomic E-state index is 13.5. The van der Waals surface area contributed by atoms with Crippen molar-refractivity contribution in [3.8, 4) is 28.4 Å². The molecular weight excluding hydrogens is 526 g/mol. The van der Waals surface area contributed by atoms with Crippen LogP contribution in [0.25, 0.3) is 33.5 Å². The third kappa shape index (κ3) is 5.30. The number of aliphatic imine (C=N–C) groups is 1. The van der Waals surface area contributed by atoms with Gasteiger partial charge in [-0.1, -0.05) is 42.5 Å². The quantitative estimate of drug-likeness (QED) is 0.175. The molecule has 0 aliphatic heterocycles. The number of ether oxygens (including phenoxy) is 1. The first-order valence-corrected chi connectivity index (χ1v) is 13.4. The van der Waals surface area contributed by atoms with Gasteiger partial charge in [-0.05, 0) is 30.5 Å². The molecule has 0 radical (unpaired) electrons. The van der Waals surface area contributed by atoms with E-state index in [0.717, 1.165) is 40.7 Å². The van der Waals surface area contributed by atoms with Crippen LogP contribution in [0, 0.1) is 0 Å². The summed E-state index contributed by atoms with van der Waals surface area (Å²) in [5.41, 5.74) is 11.9. The van der Waals surface area contributed by atoms with Gasteiger partial charge in [0.25, 0.3) is 0 Å². The first kappa shape index (κ1) is 26.6. The van der Waals surface area contributed by atoms with Crippen molar-refractivity contribution in [2.75, 3.05) is 12.3 Å². The molecule has 5 aromatic rings. The van der Waals surface area contributed by atoms with Crippen LogP contribution >= 0.6 is 0 Å². The Morgan fingerprint density at radius 3 is 2.61 bits per heavy atom. The number of nitrogen functional groups attached to an aromatic ring is 1. The molecule has 210 valence electrons. The Kier molecular flexibility index (Phi) is 7.00. The maximum absolute atomic E-state index is 13.5. The van der Waals surface area contributed by atoms with Crippen LogP contribution in [0.3, 0.4) is 0 Å². The summed E-state index contributed by atoms with van der Waals surface area (Å²) < 4.78 is 35.5. The molecule has 3 aromatic carbocycles. The van der Waals surface area contributed by atoms with E-state index < -0.39 is 12.7 Å². The lowest BCUT2D eigenvalue weighted by atomic mass is 10.0. The average Bonchev–Trinajstić information content (AvgIpc) is 3.63. The van der Waals surface area contributed by atoms with Gasteiger partial charge < -0.3 is 20.1 Å². The third-order valence-corrected chi connectivity index (χ3v) is 7.36. The smallest absolute Gasteiger partial charge is 0.387 e. The zero-order valence-corrected chi connectivity index (χ0v) is 22.7. The molecule has 8 nitrogen and oxygen atoms in total. The number of aromatic nitrogens is 4. The number of halogens is 2. The van der Waals surface area contributed by atoms with E-state index in [1.807, 2.05) is 60.3 Å². The van der Waals surface area contributed by atoms with E-state index in [2.05, 4.69) is 10.1 Å². The molecule has 10 heteroatoms. The van der Waals surface area contributed by atoms with E-state index in [1.54, 1.807) is 30.1 Å². The van der Waals surface area contributed by atoms with E-state index in [1.165, 1.54) is 6.07 Å². The number of alkyl halides is 2. The number of imidazole rings is 1. The van der Waals surface area contributed by atoms with Gasteiger partial charge in [-0.25, -0.2) is 4.98 Å². The summed E-state index contributed by atoms with van der Waals surface area (Å²) in [5.74, 6) is 0.800. The molecule has 1 atom stereocenters. The second-order valence-electron chi connectivity index (χ2n) is 10.3. The van der Waals surface area contributed by atoms with Crippen molar-refractivity contribution in [2.45, 2.75) is 31.5 Å². The normalized spacial score (nSPS) is 14.4. The Morgan fingerprint density at radius 1 is 1.10 bits per heavy atom. The standard InChI is InChI=1S/C31H30F2N6O2/c1-38-17-20-13-22(27(41-31(32)33)14-25(20)37-38)30-36-28(29(39(30)2)19-11-12-19)21-9-6-10-24(34)23(21)15-35-16-26(40)18-7-4-3-5-8-18/h3-10,13-15,17,19,26,31,40H,11-12,16,34H2,1-2H3/t26-/m0/s1. The van der Waals surface area contributed by atoms with Crippen molar-refractivity contribution >= 4 is 22.8 Å². The number of hydrogen-bond donors (Lipinski definition) is 2. The molecule has 1 saturated carbocycles. The van der Waals surface area contributed by atoms with E-state index >= 15 is 0 Å². The zero-order chi connectivity index (χ0) is 28.7. The van der Waals surface area contributed by atoms with Gasteiger partial charge in [-0.3, -0.25) is 9.67 Å². The summed E-state index contributed by atoms with van der Waals surface area (Å²) in [6.45, 7) is -2.83. The molecule has 1 aliphatic rings. The lowest BCUT2D eigenvalue weighted by Gasteiger charge is -2.12. The molecule has 0 bridgehead atoms. The summed E-state index contributed by atoms with van der Waals surface area (Å²) in [7, 11) is 3.68. The average molecular weight is 557 g/mol. The van der Waals surface area contributed by atoms with Crippen molar-refractivity contribution in [3.05, 3.63) is 83.7 Å². The second kappa shape index (κ2) is 10.8. The number of aliphatic hydroxyl groups excluding tert-OH is 1. The van der Waals surface area contributed by atoms with Crippen LogP contribution in [0.1, 0.15) is 41.7 Å². The highest BCUT2D eigenvalue weighted by atomic mass is 19.3.